The lowest BCUT2D eigenvalue weighted by Crippen LogP contribution is -2.47. The maximum absolute atomic E-state index is 13.7. The Bertz CT molecular complexity index is 1330. The molecule has 212 valence electrons. The second-order valence-electron chi connectivity index (χ2n) is 9.44. The molecule has 9 nitrogen and oxygen atoms in total. The Morgan fingerprint density at radius 1 is 1.00 bits per heavy atom. The minimum atomic E-state index is -4.61. The minimum absolute atomic E-state index is 0.00168. The molecule has 0 radical (unpaired) electrons. The van der Waals surface area contributed by atoms with E-state index in [0.29, 0.717) is 44.0 Å². The van der Waals surface area contributed by atoms with E-state index in [1.165, 1.54) is 12.0 Å². The van der Waals surface area contributed by atoms with Crippen LogP contribution in [0.3, 0.4) is 0 Å². The zero-order valence-electron chi connectivity index (χ0n) is 21.9. The standard InChI is InChI=1S/C28H30F3N5O4/c1-40-25(37)16-21-5-3-2-4-20(21)8-11-24-23(28(29,30)31)17-32-26(34-24)33-22-9-6-19(7-10-22)18-35-12-14-36(15-13-35)27(38)39/h2-7,9-10,17H,8,11-16,18H2,1H3,(H,38,39)(H,32,33,34). The summed E-state index contributed by atoms with van der Waals surface area (Å²) in [6.07, 6.45) is -4.45. The fourth-order valence-corrected chi connectivity index (χ4v) is 4.54. The van der Waals surface area contributed by atoms with Crippen LogP contribution in [-0.4, -0.2) is 70.2 Å². The Morgan fingerprint density at radius 2 is 1.68 bits per heavy atom. The first-order valence-corrected chi connectivity index (χ1v) is 12.8. The highest BCUT2D eigenvalue weighted by molar-refractivity contribution is 5.72. The second-order valence-corrected chi connectivity index (χ2v) is 9.44. The molecule has 0 bridgehead atoms. The monoisotopic (exact) mass is 557 g/mol. The van der Waals surface area contributed by atoms with Crippen LogP contribution in [0.25, 0.3) is 0 Å². The van der Waals surface area contributed by atoms with E-state index in [4.69, 9.17) is 9.84 Å². The molecule has 12 heteroatoms. The maximum atomic E-state index is 13.7. The number of benzene rings is 2. The molecule has 3 aromatic rings. The molecule has 2 aromatic carbocycles. The predicted octanol–water partition coefficient (Wildman–Crippen LogP) is 4.54. The van der Waals surface area contributed by atoms with Crippen LogP contribution >= 0.6 is 0 Å². The van der Waals surface area contributed by atoms with Crippen molar-refractivity contribution in [3.63, 3.8) is 0 Å². The number of hydrogen-bond donors (Lipinski definition) is 2. The quantitative estimate of drug-likeness (QED) is 0.370. The lowest BCUT2D eigenvalue weighted by Gasteiger charge is -2.33. The summed E-state index contributed by atoms with van der Waals surface area (Å²) in [6, 6.07) is 14.5. The van der Waals surface area contributed by atoms with E-state index >= 15 is 0 Å². The van der Waals surface area contributed by atoms with Gasteiger partial charge in [-0.2, -0.15) is 13.2 Å². The van der Waals surface area contributed by atoms with Gasteiger partial charge in [-0.15, -0.1) is 0 Å². The van der Waals surface area contributed by atoms with E-state index in [1.54, 1.807) is 36.4 Å². The van der Waals surface area contributed by atoms with Gasteiger partial charge in [0.25, 0.3) is 0 Å². The fourth-order valence-electron chi connectivity index (χ4n) is 4.54. The molecule has 0 saturated carbocycles. The summed E-state index contributed by atoms with van der Waals surface area (Å²) < 4.78 is 45.9. The third-order valence-electron chi connectivity index (χ3n) is 6.74. The lowest BCUT2D eigenvalue weighted by molar-refractivity contribution is -0.140. The normalized spacial score (nSPS) is 14.2. The third kappa shape index (κ3) is 7.69. The van der Waals surface area contributed by atoms with Gasteiger partial charge in [0.05, 0.1) is 24.8 Å². The molecule has 1 fully saturated rings. The number of nitrogens with one attached hydrogen (secondary N) is 1. The zero-order chi connectivity index (χ0) is 28.7. The number of rotatable bonds is 9. The zero-order valence-corrected chi connectivity index (χ0v) is 21.9. The number of ether oxygens (including phenoxy) is 1. The minimum Gasteiger partial charge on any atom is -0.469 e. The van der Waals surface area contributed by atoms with Gasteiger partial charge in [-0.05, 0) is 41.7 Å². The molecule has 2 heterocycles. The first kappa shape index (κ1) is 28.8. The highest BCUT2D eigenvalue weighted by atomic mass is 19.4. The summed E-state index contributed by atoms with van der Waals surface area (Å²) in [7, 11) is 1.29. The van der Waals surface area contributed by atoms with Gasteiger partial charge in [0, 0.05) is 44.6 Å². The number of halogens is 3. The summed E-state index contributed by atoms with van der Waals surface area (Å²) in [5.41, 5.74) is 2.03. The number of aryl methyl sites for hydroxylation is 2. The number of carboxylic acid groups (broad SMARTS) is 1. The molecule has 0 atom stereocenters. The number of carbonyl (C=O) groups excluding carboxylic acids is 1. The number of piperazine rings is 1. The Balaban J connectivity index is 1.43. The van der Waals surface area contributed by atoms with Crippen molar-refractivity contribution < 1.29 is 32.6 Å². The predicted molar refractivity (Wildman–Crippen MR) is 141 cm³/mol. The Hall–Kier alpha value is -4.19. The highest BCUT2D eigenvalue weighted by Crippen LogP contribution is 2.32. The van der Waals surface area contributed by atoms with Crippen LogP contribution in [0.15, 0.2) is 54.7 Å². The van der Waals surface area contributed by atoms with E-state index in [-0.39, 0.29) is 30.9 Å². The number of methoxy groups -OCH3 is 1. The maximum Gasteiger partial charge on any atom is 0.419 e. The molecule has 2 N–H and O–H groups in total. The third-order valence-corrected chi connectivity index (χ3v) is 6.74. The van der Waals surface area contributed by atoms with Crippen LogP contribution in [-0.2, 0) is 41.5 Å². The summed E-state index contributed by atoms with van der Waals surface area (Å²) in [4.78, 5) is 34.5. The first-order chi connectivity index (χ1) is 19.1. The van der Waals surface area contributed by atoms with Crippen LogP contribution in [0.2, 0.25) is 0 Å². The smallest absolute Gasteiger partial charge is 0.419 e. The van der Waals surface area contributed by atoms with E-state index < -0.39 is 23.8 Å². The van der Waals surface area contributed by atoms with Gasteiger partial charge in [-0.1, -0.05) is 36.4 Å². The molecule has 1 amide bonds. The topological polar surface area (TPSA) is 108 Å². The number of esters is 1. The molecule has 1 aliphatic rings. The summed E-state index contributed by atoms with van der Waals surface area (Å²) in [5.74, 6) is -0.382. The molecule has 1 saturated heterocycles. The van der Waals surface area contributed by atoms with Gasteiger partial charge in [-0.25, -0.2) is 14.8 Å². The summed E-state index contributed by atoms with van der Waals surface area (Å²) in [5, 5.41) is 12.1. The van der Waals surface area contributed by atoms with E-state index in [2.05, 4.69) is 20.2 Å². The average Bonchev–Trinajstić information content (AvgIpc) is 2.93. The lowest BCUT2D eigenvalue weighted by atomic mass is 9.98. The number of hydrogen-bond acceptors (Lipinski definition) is 7. The molecule has 1 aromatic heterocycles. The first-order valence-electron chi connectivity index (χ1n) is 12.8. The summed E-state index contributed by atoms with van der Waals surface area (Å²) >= 11 is 0. The van der Waals surface area contributed by atoms with E-state index in [9.17, 15) is 22.8 Å². The van der Waals surface area contributed by atoms with Crippen LogP contribution in [0.5, 0.6) is 0 Å². The largest absolute Gasteiger partial charge is 0.469 e. The van der Waals surface area contributed by atoms with Crippen molar-refractivity contribution in [1.29, 1.82) is 0 Å². The van der Waals surface area contributed by atoms with Crippen molar-refractivity contribution in [1.82, 2.24) is 19.8 Å². The molecule has 40 heavy (non-hydrogen) atoms. The molecule has 0 unspecified atom stereocenters. The second kappa shape index (κ2) is 12.8. The van der Waals surface area contributed by atoms with Crippen LogP contribution < -0.4 is 5.32 Å². The molecule has 1 aliphatic heterocycles. The van der Waals surface area contributed by atoms with Gasteiger partial charge in [-0.3, -0.25) is 9.69 Å². The SMILES string of the molecule is COC(=O)Cc1ccccc1CCc1nc(Nc2ccc(CN3CCN(C(=O)O)CC3)cc2)ncc1C(F)(F)F. The van der Waals surface area contributed by atoms with Crippen molar-refractivity contribution in [3.8, 4) is 0 Å². The molecule has 4 rings (SSSR count). The van der Waals surface area contributed by atoms with E-state index in [0.717, 1.165) is 17.3 Å². The molecule has 0 aliphatic carbocycles. The van der Waals surface area contributed by atoms with Crippen molar-refractivity contribution >= 4 is 23.7 Å². The number of nitrogens with zero attached hydrogens (tertiary/aromatic N) is 4. The van der Waals surface area contributed by atoms with Crippen LogP contribution in [0.4, 0.5) is 29.6 Å². The molecule has 0 spiro atoms. The van der Waals surface area contributed by atoms with Crippen molar-refractivity contribution in [2.75, 3.05) is 38.6 Å². The highest BCUT2D eigenvalue weighted by Gasteiger charge is 2.35. The summed E-state index contributed by atoms with van der Waals surface area (Å²) in [6.45, 7) is 2.86. The van der Waals surface area contributed by atoms with Gasteiger partial charge >= 0.3 is 18.2 Å². The number of aromatic nitrogens is 2. The van der Waals surface area contributed by atoms with Gasteiger partial charge in [0.1, 0.15) is 0 Å². The van der Waals surface area contributed by atoms with E-state index in [1.807, 2.05) is 12.1 Å². The van der Waals surface area contributed by atoms with Crippen molar-refractivity contribution in [2.45, 2.75) is 32.0 Å². The Labute approximate surface area is 229 Å². The average molecular weight is 558 g/mol. The Morgan fingerprint density at radius 3 is 2.30 bits per heavy atom. The Kier molecular flexibility index (Phi) is 9.20. The number of anilines is 2. The van der Waals surface area contributed by atoms with Crippen LogP contribution in [0, 0.1) is 0 Å². The van der Waals surface area contributed by atoms with Crippen molar-refractivity contribution in [3.05, 3.63) is 82.7 Å². The van der Waals surface area contributed by atoms with Crippen LogP contribution in [0.1, 0.15) is 27.9 Å². The van der Waals surface area contributed by atoms with Gasteiger partial charge < -0.3 is 20.1 Å². The molecular formula is C28H30F3N5O4. The number of amides is 1. The van der Waals surface area contributed by atoms with Crippen molar-refractivity contribution in [2.24, 2.45) is 0 Å². The number of carbonyl (C=O) groups is 2. The van der Waals surface area contributed by atoms with Gasteiger partial charge in [0.2, 0.25) is 5.95 Å². The fraction of sp³-hybridized carbons (Fsp3) is 0.357. The molecular weight excluding hydrogens is 527 g/mol. The van der Waals surface area contributed by atoms with Gasteiger partial charge in [0.15, 0.2) is 0 Å². The number of alkyl halides is 3.